The fourth-order valence-electron chi connectivity index (χ4n) is 1.98. The highest BCUT2D eigenvalue weighted by Crippen LogP contribution is 2.25. The minimum atomic E-state index is -0.798. The summed E-state index contributed by atoms with van der Waals surface area (Å²) in [6.45, 7) is 5.66. The average Bonchev–Trinajstić information content (AvgIpc) is 2.81. The van der Waals surface area contributed by atoms with Gasteiger partial charge in [-0.1, -0.05) is 13.8 Å². The van der Waals surface area contributed by atoms with Crippen LogP contribution >= 0.6 is 0 Å². The molecule has 0 fully saturated rings. The highest BCUT2D eigenvalue weighted by Gasteiger charge is 2.41. The summed E-state index contributed by atoms with van der Waals surface area (Å²) < 4.78 is 10.2. The monoisotopic (exact) mass is 305 g/mol. The van der Waals surface area contributed by atoms with Gasteiger partial charge in [-0.15, -0.1) is 0 Å². The number of rotatable bonds is 5. The zero-order valence-electron chi connectivity index (χ0n) is 13.0. The highest BCUT2D eigenvalue weighted by atomic mass is 16.5. The summed E-state index contributed by atoms with van der Waals surface area (Å²) >= 11 is 0. The lowest BCUT2D eigenvalue weighted by Crippen LogP contribution is -2.41. The molecule has 0 bridgehead atoms. The third-order valence-electron chi connectivity index (χ3n) is 3.73. The maximum atomic E-state index is 12.0. The van der Waals surface area contributed by atoms with Crippen LogP contribution in [-0.2, 0) is 9.53 Å². The number of aromatic nitrogens is 1. The normalized spacial score (nSPS) is 20.6. The highest BCUT2D eigenvalue weighted by molar-refractivity contribution is 6.08. The third-order valence-corrected chi connectivity index (χ3v) is 3.73. The minimum Gasteiger partial charge on any atom is -0.469 e. The molecule has 22 heavy (non-hydrogen) atoms. The van der Waals surface area contributed by atoms with E-state index in [2.05, 4.69) is 20.0 Å². The maximum Gasteiger partial charge on any atom is 0.343 e. The van der Waals surface area contributed by atoms with Crippen molar-refractivity contribution in [3.05, 3.63) is 23.9 Å². The van der Waals surface area contributed by atoms with Crippen LogP contribution in [0.15, 0.2) is 23.3 Å². The molecule has 2 heterocycles. The number of aliphatic imine (C=N–C) groups is 1. The molecular formula is C15H19N3O4. The number of esters is 1. The number of methoxy groups -OCH3 is 1. The zero-order chi connectivity index (χ0) is 16.3. The van der Waals surface area contributed by atoms with Gasteiger partial charge in [-0.05, 0) is 25.0 Å². The van der Waals surface area contributed by atoms with Crippen LogP contribution in [0.25, 0.3) is 0 Å². The van der Waals surface area contributed by atoms with E-state index in [4.69, 9.17) is 4.74 Å². The number of amides is 1. The Morgan fingerprint density at radius 2 is 2.18 bits per heavy atom. The Morgan fingerprint density at radius 3 is 2.77 bits per heavy atom. The number of carbonyl (C=O) groups is 2. The van der Waals surface area contributed by atoms with Gasteiger partial charge in [-0.3, -0.25) is 9.79 Å². The van der Waals surface area contributed by atoms with E-state index in [9.17, 15) is 9.59 Å². The first-order valence-corrected chi connectivity index (χ1v) is 6.94. The lowest BCUT2D eigenvalue weighted by molar-refractivity contribution is -0.124. The molecule has 1 aromatic heterocycles. The van der Waals surface area contributed by atoms with E-state index in [0.29, 0.717) is 5.84 Å². The summed E-state index contributed by atoms with van der Waals surface area (Å²) in [7, 11) is 1.29. The number of pyridine rings is 1. The largest absolute Gasteiger partial charge is 0.469 e. The van der Waals surface area contributed by atoms with E-state index in [1.165, 1.54) is 13.3 Å². The van der Waals surface area contributed by atoms with E-state index < -0.39 is 11.5 Å². The smallest absolute Gasteiger partial charge is 0.343 e. The summed E-state index contributed by atoms with van der Waals surface area (Å²) in [5.74, 6) is -0.0691. The molecule has 1 aliphatic rings. The predicted molar refractivity (Wildman–Crippen MR) is 79.9 cm³/mol. The predicted octanol–water partition coefficient (Wildman–Crippen LogP) is 1.19. The van der Waals surface area contributed by atoms with Gasteiger partial charge in [-0.2, -0.15) is 0 Å². The standard InChI is InChI=1S/C15H19N3O4/c1-9(2)15(3)14(20)17-11(18-15)8-22-12-10(13(19)21-4)6-5-7-16-12/h5-7,9H,8H2,1-4H3,(H,17,18,20). The molecule has 0 radical (unpaired) electrons. The molecule has 1 aliphatic heterocycles. The van der Waals surface area contributed by atoms with E-state index >= 15 is 0 Å². The summed E-state index contributed by atoms with van der Waals surface area (Å²) in [6, 6.07) is 3.17. The Balaban J connectivity index is 2.12. The van der Waals surface area contributed by atoms with Crippen LogP contribution < -0.4 is 10.1 Å². The lowest BCUT2D eigenvalue weighted by Gasteiger charge is -2.21. The van der Waals surface area contributed by atoms with Crippen molar-refractivity contribution in [2.45, 2.75) is 26.3 Å². The van der Waals surface area contributed by atoms with Crippen LogP contribution in [0, 0.1) is 5.92 Å². The quantitative estimate of drug-likeness (QED) is 0.825. The number of hydrogen-bond acceptors (Lipinski definition) is 6. The molecule has 0 aliphatic carbocycles. The number of carbonyl (C=O) groups excluding carboxylic acids is 2. The van der Waals surface area contributed by atoms with E-state index in [1.807, 2.05) is 13.8 Å². The second-order valence-corrected chi connectivity index (χ2v) is 5.45. The molecule has 1 unspecified atom stereocenters. The summed E-state index contributed by atoms with van der Waals surface area (Å²) in [4.78, 5) is 32.0. The molecule has 1 amide bonds. The van der Waals surface area contributed by atoms with Gasteiger partial charge in [0, 0.05) is 6.20 Å². The van der Waals surface area contributed by atoms with Crippen LogP contribution in [-0.4, -0.2) is 42.0 Å². The van der Waals surface area contributed by atoms with Crippen LogP contribution in [0.2, 0.25) is 0 Å². The van der Waals surface area contributed by atoms with Crippen LogP contribution in [0.5, 0.6) is 5.88 Å². The van der Waals surface area contributed by atoms with Crippen molar-refractivity contribution in [3.63, 3.8) is 0 Å². The van der Waals surface area contributed by atoms with E-state index in [0.717, 1.165) is 0 Å². The molecular weight excluding hydrogens is 286 g/mol. The van der Waals surface area contributed by atoms with Gasteiger partial charge in [-0.25, -0.2) is 9.78 Å². The van der Waals surface area contributed by atoms with Gasteiger partial charge in [0.25, 0.3) is 5.91 Å². The van der Waals surface area contributed by atoms with Crippen LogP contribution in [0.1, 0.15) is 31.1 Å². The second-order valence-electron chi connectivity index (χ2n) is 5.45. The fourth-order valence-corrected chi connectivity index (χ4v) is 1.98. The Kier molecular flexibility index (Phi) is 4.44. The summed E-state index contributed by atoms with van der Waals surface area (Å²) in [6.07, 6.45) is 1.51. The topological polar surface area (TPSA) is 89.9 Å². The molecule has 2 rings (SSSR count). The number of nitrogens with zero attached hydrogens (tertiary/aromatic N) is 2. The van der Waals surface area contributed by atoms with Gasteiger partial charge < -0.3 is 14.8 Å². The molecule has 0 spiro atoms. The Morgan fingerprint density at radius 1 is 1.45 bits per heavy atom. The van der Waals surface area contributed by atoms with Gasteiger partial charge in [0.1, 0.15) is 23.5 Å². The van der Waals surface area contributed by atoms with Crippen molar-refractivity contribution < 1.29 is 19.1 Å². The first-order chi connectivity index (χ1) is 10.4. The third kappa shape index (κ3) is 2.93. The average molecular weight is 305 g/mol. The number of ether oxygens (including phenoxy) is 2. The van der Waals surface area contributed by atoms with E-state index in [1.54, 1.807) is 19.1 Å². The van der Waals surface area contributed by atoms with Crippen LogP contribution in [0.4, 0.5) is 0 Å². The van der Waals surface area contributed by atoms with Crippen LogP contribution in [0.3, 0.4) is 0 Å². The molecule has 0 aromatic carbocycles. The first-order valence-electron chi connectivity index (χ1n) is 6.94. The lowest BCUT2D eigenvalue weighted by atomic mass is 9.89. The number of amidine groups is 1. The number of nitrogens with one attached hydrogen (secondary N) is 1. The van der Waals surface area contributed by atoms with Crippen molar-refractivity contribution in [2.75, 3.05) is 13.7 Å². The minimum absolute atomic E-state index is 0.0229. The maximum absolute atomic E-state index is 12.0. The molecule has 1 aromatic rings. The Labute approximate surface area is 128 Å². The Bertz CT molecular complexity index is 627. The SMILES string of the molecule is COC(=O)c1cccnc1OCC1=NC(C)(C(C)C)C(=O)N1. The van der Waals surface area contributed by atoms with Gasteiger partial charge >= 0.3 is 5.97 Å². The second kappa shape index (κ2) is 6.13. The molecule has 7 nitrogen and oxygen atoms in total. The summed E-state index contributed by atoms with van der Waals surface area (Å²) in [5.41, 5.74) is -0.574. The van der Waals surface area contributed by atoms with Crippen molar-refractivity contribution in [3.8, 4) is 5.88 Å². The van der Waals surface area contributed by atoms with Crippen molar-refractivity contribution in [1.82, 2.24) is 10.3 Å². The molecule has 0 saturated carbocycles. The van der Waals surface area contributed by atoms with Gasteiger partial charge in [0.2, 0.25) is 5.88 Å². The summed E-state index contributed by atoms with van der Waals surface area (Å²) in [5, 5.41) is 2.70. The van der Waals surface area contributed by atoms with Crippen molar-refractivity contribution >= 4 is 17.7 Å². The van der Waals surface area contributed by atoms with Crippen molar-refractivity contribution in [1.29, 1.82) is 0 Å². The fraction of sp³-hybridized carbons (Fsp3) is 0.467. The molecule has 118 valence electrons. The molecule has 7 heteroatoms. The zero-order valence-corrected chi connectivity index (χ0v) is 13.0. The van der Waals surface area contributed by atoms with Gasteiger partial charge in [0.15, 0.2) is 0 Å². The first kappa shape index (κ1) is 15.9. The molecule has 1 N–H and O–H groups in total. The van der Waals surface area contributed by atoms with E-state index in [-0.39, 0.29) is 29.9 Å². The number of hydrogen-bond donors (Lipinski definition) is 1. The van der Waals surface area contributed by atoms with Gasteiger partial charge in [0.05, 0.1) is 7.11 Å². The Hall–Kier alpha value is -2.44. The van der Waals surface area contributed by atoms with Crippen molar-refractivity contribution in [2.24, 2.45) is 10.9 Å². The molecule has 1 atom stereocenters. The molecule has 0 saturated heterocycles.